The minimum absolute atomic E-state index is 0.598. The van der Waals surface area contributed by atoms with Gasteiger partial charge in [-0.3, -0.25) is 0 Å². The van der Waals surface area contributed by atoms with Crippen LogP contribution in [0.25, 0.3) is 0 Å². The molecule has 13 heavy (non-hydrogen) atoms. The molecule has 1 aromatic carbocycles. The predicted molar refractivity (Wildman–Crippen MR) is 55.3 cm³/mol. The van der Waals surface area contributed by atoms with Crippen LogP contribution < -0.4 is 4.74 Å². The number of aldehydes is 1. The highest BCUT2D eigenvalue weighted by Gasteiger charge is 2.21. The average molecular weight is 243 g/mol. The maximum atomic E-state index is 10.7. The number of alkyl halides is 1. The van der Waals surface area contributed by atoms with Crippen LogP contribution in [-0.2, 0) is 9.12 Å². The molecule has 70 valence electrons. The number of benzene rings is 1. The predicted octanol–water partition coefficient (Wildman–Crippen LogP) is 2.50. The SMILES string of the molecule is COc1ccc(C(C)(Br)C=O)cc1. The summed E-state index contributed by atoms with van der Waals surface area (Å²) >= 11 is 3.33. The van der Waals surface area contributed by atoms with Gasteiger partial charge in [0.2, 0.25) is 0 Å². The van der Waals surface area contributed by atoms with Gasteiger partial charge in [0, 0.05) is 0 Å². The van der Waals surface area contributed by atoms with E-state index in [1.807, 2.05) is 31.2 Å². The number of methoxy groups -OCH3 is 1. The molecular formula is C10H11BrO2. The van der Waals surface area contributed by atoms with Gasteiger partial charge in [-0.25, -0.2) is 0 Å². The van der Waals surface area contributed by atoms with Crippen molar-refractivity contribution in [2.45, 2.75) is 11.2 Å². The maximum absolute atomic E-state index is 10.7. The standard InChI is InChI=1S/C10H11BrO2/c1-10(11,7-12)8-3-5-9(13-2)6-4-8/h3-7H,1-2H3. The van der Waals surface area contributed by atoms with Crippen molar-refractivity contribution >= 4 is 22.2 Å². The lowest BCUT2D eigenvalue weighted by molar-refractivity contribution is -0.109. The Morgan fingerprint density at radius 3 is 2.31 bits per heavy atom. The van der Waals surface area contributed by atoms with Gasteiger partial charge in [0.05, 0.1) is 7.11 Å². The second-order valence-electron chi connectivity index (χ2n) is 2.92. The Balaban J connectivity index is 2.98. The molecule has 0 radical (unpaired) electrons. The normalized spacial score (nSPS) is 14.7. The Morgan fingerprint density at radius 2 is 1.92 bits per heavy atom. The highest BCUT2D eigenvalue weighted by molar-refractivity contribution is 9.10. The smallest absolute Gasteiger partial charge is 0.140 e. The third-order valence-electron chi connectivity index (χ3n) is 1.88. The summed E-state index contributed by atoms with van der Waals surface area (Å²) in [6.45, 7) is 1.81. The number of carbonyl (C=O) groups is 1. The molecule has 3 heteroatoms. The summed E-state index contributed by atoms with van der Waals surface area (Å²) in [6, 6.07) is 7.39. The fourth-order valence-corrected chi connectivity index (χ4v) is 1.25. The maximum Gasteiger partial charge on any atom is 0.140 e. The molecule has 0 aliphatic heterocycles. The molecule has 0 aliphatic carbocycles. The Labute approximate surface area is 86.0 Å². The first-order valence-electron chi connectivity index (χ1n) is 3.90. The Bertz CT molecular complexity index is 290. The lowest BCUT2D eigenvalue weighted by Gasteiger charge is -2.15. The van der Waals surface area contributed by atoms with E-state index in [9.17, 15) is 4.79 Å². The van der Waals surface area contributed by atoms with Crippen LogP contribution in [0.3, 0.4) is 0 Å². The van der Waals surface area contributed by atoms with E-state index < -0.39 is 4.32 Å². The van der Waals surface area contributed by atoms with Gasteiger partial charge in [-0.15, -0.1) is 0 Å². The number of hydrogen-bond donors (Lipinski definition) is 0. The molecule has 1 atom stereocenters. The highest BCUT2D eigenvalue weighted by Crippen LogP contribution is 2.29. The first-order valence-corrected chi connectivity index (χ1v) is 4.69. The minimum Gasteiger partial charge on any atom is -0.497 e. The van der Waals surface area contributed by atoms with Crippen LogP contribution in [0.5, 0.6) is 5.75 Å². The number of hydrogen-bond acceptors (Lipinski definition) is 2. The molecule has 0 N–H and O–H groups in total. The number of carbonyl (C=O) groups excluding carboxylic acids is 1. The van der Waals surface area contributed by atoms with E-state index in [-0.39, 0.29) is 0 Å². The molecule has 1 aromatic rings. The number of rotatable bonds is 3. The molecule has 0 heterocycles. The molecule has 0 aliphatic rings. The zero-order valence-corrected chi connectivity index (χ0v) is 9.17. The van der Waals surface area contributed by atoms with Gasteiger partial charge >= 0.3 is 0 Å². The summed E-state index contributed by atoms with van der Waals surface area (Å²) in [5.74, 6) is 0.790. The van der Waals surface area contributed by atoms with E-state index in [4.69, 9.17) is 4.74 Å². The molecule has 0 saturated heterocycles. The number of ether oxygens (including phenoxy) is 1. The van der Waals surface area contributed by atoms with Crippen LogP contribution >= 0.6 is 15.9 Å². The third-order valence-corrected chi connectivity index (χ3v) is 2.52. The van der Waals surface area contributed by atoms with Gasteiger partial charge in [-0.1, -0.05) is 28.1 Å². The van der Waals surface area contributed by atoms with E-state index in [0.29, 0.717) is 0 Å². The van der Waals surface area contributed by atoms with Crippen molar-refractivity contribution in [2.24, 2.45) is 0 Å². The lowest BCUT2D eigenvalue weighted by atomic mass is 10.0. The van der Waals surface area contributed by atoms with Crippen molar-refractivity contribution in [1.82, 2.24) is 0 Å². The molecule has 1 unspecified atom stereocenters. The fraction of sp³-hybridized carbons (Fsp3) is 0.300. The molecule has 0 fully saturated rings. The fourth-order valence-electron chi connectivity index (χ4n) is 0.985. The van der Waals surface area contributed by atoms with Gasteiger partial charge < -0.3 is 9.53 Å². The van der Waals surface area contributed by atoms with Gasteiger partial charge in [0.15, 0.2) is 0 Å². The van der Waals surface area contributed by atoms with E-state index in [1.165, 1.54) is 0 Å². The van der Waals surface area contributed by atoms with Crippen molar-refractivity contribution in [3.8, 4) is 5.75 Å². The topological polar surface area (TPSA) is 26.3 Å². The Morgan fingerprint density at radius 1 is 1.38 bits per heavy atom. The minimum atomic E-state index is -0.598. The van der Waals surface area contributed by atoms with Gasteiger partial charge in [0.1, 0.15) is 16.4 Å². The largest absolute Gasteiger partial charge is 0.497 e. The monoisotopic (exact) mass is 242 g/mol. The highest BCUT2D eigenvalue weighted by atomic mass is 79.9. The van der Waals surface area contributed by atoms with Crippen molar-refractivity contribution in [2.75, 3.05) is 7.11 Å². The number of halogens is 1. The summed E-state index contributed by atoms with van der Waals surface area (Å²) < 4.78 is 4.41. The molecule has 0 bridgehead atoms. The lowest BCUT2D eigenvalue weighted by Crippen LogP contribution is -2.13. The van der Waals surface area contributed by atoms with E-state index in [2.05, 4.69) is 15.9 Å². The molecule has 1 rings (SSSR count). The average Bonchev–Trinajstić information content (AvgIpc) is 2.18. The third kappa shape index (κ3) is 2.31. The van der Waals surface area contributed by atoms with E-state index in [1.54, 1.807) is 7.11 Å². The van der Waals surface area contributed by atoms with Gasteiger partial charge in [0.25, 0.3) is 0 Å². The summed E-state index contributed by atoms with van der Waals surface area (Å²) in [5.41, 5.74) is 0.920. The van der Waals surface area contributed by atoms with Gasteiger partial charge in [-0.2, -0.15) is 0 Å². The molecule has 0 spiro atoms. The van der Waals surface area contributed by atoms with E-state index >= 15 is 0 Å². The Hall–Kier alpha value is -0.830. The zero-order chi connectivity index (χ0) is 9.90. The first kappa shape index (κ1) is 10.3. The van der Waals surface area contributed by atoms with Crippen LogP contribution in [0.15, 0.2) is 24.3 Å². The second kappa shape index (κ2) is 3.92. The van der Waals surface area contributed by atoms with Crippen molar-refractivity contribution < 1.29 is 9.53 Å². The van der Waals surface area contributed by atoms with Crippen LogP contribution in [0.2, 0.25) is 0 Å². The quantitative estimate of drug-likeness (QED) is 0.602. The summed E-state index contributed by atoms with van der Waals surface area (Å²) in [6.07, 6.45) is 0.870. The zero-order valence-electron chi connectivity index (χ0n) is 7.58. The second-order valence-corrected chi connectivity index (χ2v) is 4.57. The summed E-state index contributed by atoms with van der Waals surface area (Å²) in [7, 11) is 1.61. The van der Waals surface area contributed by atoms with Crippen LogP contribution in [-0.4, -0.2) is 13.4 Å². The summed E-state index contributed by atoms with van der Waals surface area (Å²) in [5, 5.41) is 0. The van der Waals surface area contributed by atoms with Crippen LogP contribution in [0.4, 0.5) is 0 Å². The summed E-state index contributed by atoms with van der Waals surface area (Å²) in [4.78, 5) is 10.7. The molecular weight excluding hydrogens is 232 g/mol. The van der Waals surface area contributed by atoms with Crippen LogP contribution in [0, 0.1) is 0 Å². The molecule has 0 aromatic heterocycles. The molecule has 0 saturated carbocycles. The molecule has 2 nitrogen and oxygen atoms in total. The molecule has 0 amide bonds. The van der Waals surface area contributed by atoms with Crippen molar-refractivity contribution in [1.29, 1.82) is 0 Å². The van der Waals surface area contributed by atoms with Crippen molar-refractivity contribution in [3.63, 3.8) is 0 Å². The first-order chi connectivity index (χ1) is 6.10. The van der Waals surface area contributed by atoms with Crippen LogP contribution in [0.1, 0.15) is 12.5 Å². The van der Waals surface area contributed by atoms with E-state index in [0.717, 1.165) is 17.6 Å². The van der Waals surface area contributed by atoms with Gasteiger partial charge in [-0.05, 0) is 24.6 Å². The Kier molecular flexibility index (Phi) is 3.09. The van der Waals surface area contributed by atoms with Crippen molar-refractivity contribution in [3.05, 3.63) is 29.8 Å².